The van der Waals surface area contributed by atoms with Crippen LogP contribution in [-0.2, 0) is 23.7 Å². The van der Waals surface area contributed by atoms with Crippen LogP contribution in [0.2, 0.25) is 0 Å². The molecule has 25 heavy (non-hydrogen) atoms. The van der Waals surface area contributed by atoms with Crippen molar-refractivity contribution in [1.29, 1.82) is 0 Å². The van der Waals surface area contributed by atoms with E-state index >= 15 is 0 Å². The number of carbonyl (C=O) groups is 1. The number of carbonyl (C=O) groups excluding carboxylic acids is 1. The summed E-state index contributed by atoms with van der Waals surface area (Å²) in [6, 6.07) is -1.28. The smallest absolute Gasteiger partial charge is 0.337 e. The molecule has 0 aromatic rings. The van der Waals surface area contributed by atoms with E-state index < -0.39 is 73.9 Å². The lowest BCUT2D eigenvalue weighted by atomic mass is 9.96. The molecule has 0 amide bonds. The first-order chi connectivity index (χ1) is 11.7. The zero-order valence-corrected chi connectivity index (χ0v) is 13.3. The molecular weight excluding hydrogens is 346 g/mol. The van der Waals surface area contributed by atoms with E-state index in [0.717, 1.165) is 7.11 Å². The number of hydrogen-bond acceptors (Lipinski definition) is 12. The van der Waals surface area contributed by atoms with E-state index in [9.17, 15) is 30.3 Å². The van der Waals surface area contributed by atoms with E-state index in [1.165, 1.54) is 0 Å². The molecule has 0 unspecified atom stereocenters. The van der Waals surface area contributed by atoms with Crippen molar-refractivity contribution >= 4 is 5.97 Å². The number of esters is 1. The topological polar surface area (TPSA) is 201 Å². The molecule has 10 atom stereocenters. The van der Waals surface area contributed by atoms with Crippen LogP contribution in [0.25, 0.3) is 0 Å². The van der Waals surface area contributed by atoms with Crippen molar-refractivity contribution in [2.45, 2.75) is 61.3 Å². The molecular formula is C13H23NO11. The van der Waals surface area contributed by atoms with Crippen molar-refractivity contribution in [3.63, 3.8) is 0 Å². The summed E-state index contributed by atoms with van der Waals surface area (Å²) in [6.07, 6.45) is -14.4. The van der Waals surface area contributed by atoms with Gasteiger partial charge in [0.05, 0.1) is 19.8 Å². The Morgan fingerprint density at radius 3 is 2.24 bits per heavy atom. The van der Waals surface area contributed by atoms with Gasteiger partial charge in [0.25, 0.3) is 0 Å². The Morgan fingerprint density at radius 2 is 1.68 bits per heavy atom. The second-order valence-electron chi connectivity index (χ2n) is 5.84. The van der Waals surface area contributed by atoms with Crippen molar-refractivity contribution < 1.29 is 54.4 Å². The molecule has 2 heterocycles. The molecule has 0 aromatic carbocycles. The fraction of sp³-hybridized carbons (Fsp3) is 0.923. The Morgan fingerprint density at radius 1 is 1.04 bits per heavy atom. The second-order valence-corrected chi connectivity index (χ2v) is 5.84. The molecule has 2 aliphatic rings. The van der Waals surface area contributed by atoms with Crippen molar-refractivity contribution in [1.82, 2.24) is 0 Å². The Bertz CT molecular complexity index is 465. The normalized spacial score (nSPS) is 48.2. The minimum Gasteiger partial charge on any atom is -0.467 e. The minimum atomic E-state index is -1.81. The van der Waals surface area contributed by atoms with Gasteiger partial charge in [0.2, 0.25) is 0 Å². The quantitative estimate of drug-likeness (QED) is 0.232. The van der Waals surface area contributed by atoms with Crippen LogP contribution in [0.15, 0.2) is 0 Å². The lowest BCUT2D eigenvalue weighted by Crippen LogP contribution is -2.66. The highest BCUT2D eigenvalue weighted by molar-refractivity contribution is 5.75. The maximum absolute atomic E-state index is 11.6. The van der Waals surface area contributed by atoms with Gasteiger partial charge >= 0.3 is 5.97 Å². The van der Waals surface area contributed by atoms with Gasteiger partial charge in [-0.3, -0.25) is 0 Å². The zero-order valence-electron chi connectivity index (χ0n) is 13.3. The van der Waals surface area contributed by atoms with Gasteiger partial charge in [0.1, 0.15) is 36.6 Å². The highest BCUT2D eigenvalue weighted by atomic mass is 16.7. The summed E-state index contributed by atoms with van der Waals surface area (Å²) in [5.41, 5.74) is 5.69. The number of aliphatic hydroxyl groups is 6. The lowest BCUT2D eigenvalue weighted by Gasteiger charge is -2.45. The summed E-state index contributed by atoms with van der Waals surface area (Å²) >= 11 is 0. The summed E-state index contributed by atoms with van der Waals surface area (Å²) in [6.45, 7) is -0.648. The van der Waals surface area contributed by atoms with E-state index in [1.807, 2.05) is 0 Å². The van der Waals surface area contributed by atoms with E-state index in [0.29, 0.717) is 0 Å². The van der Waals surface area contributed by atoms with Crippen LogP contribution in [0.1, 0.15) is 0 Å². The molecule has 2 fully saturated rings. The molecule has 12 heteroatoms. The monoisotopic (exact) mass is 369 g/mol. The highest BCUT2D eigenvalue weighted by Crippen LogP contribution is 2.28. The average Bonchev–Trinajstić information content (AvgIpc) is 2.60. The van der Waals surface area contributed by atoms with Crippen LogP contribution in [-0.4, -0.2) is 112 Å². The lowest BCUT2D eigenvalue weighted by molar-refractivity contribution is -0.335. The first-order valence-corrected chi connectivity index (χ1v) is 7.53. The molecule has 0 saturated carbocycles. The van der Waals surface area contributed by atoms with Crippen LogP contribution in [0.4, 0.5) is 0 Å². The number of methoxy groups -OCH3 is 1. The van der Waals surface area contributed by atoms with Crippen LogP contribution in [0.3, 0.4) is 0 Å². The van der Waals surface area contributed by atoms with Gasteiger partial charge < -0.3 is 55.3 Å². The Hall–Kier alpha value is -0.930. The van der Waals surface area contributed by atoms with Crippen molar-refractivity contribution in [3.8, 4) is 0 Å². The van der Waals surface area contributed by atoms with Crippen molar-refractivity contribution in [2.75, 3.05) is 13.7 Å². The van der Waals surface area contributed by atoms with Crippen LogP contribution < -0.4 is 5.73 Å². The number of aliphatic hydroxyl groups excluding tert-OH is 6. The molecule has 0 aliphatic carbocycles. The Labute approximate surface area is 142 Å². The number of nitrogens with two attached hydrogens (primary N) is 1. The van der Waals surface area contributed by atoms with Crippen LogP contribution >= 0.6 is 0 Å². The van der Waals surface area contributed by atoms with Gasteiger partial charge in [-0.15, -0.1) is 0 Å². The van der Waals surface area contributed by atoms with Gasteiger partial charge in [0.15, 0.2) is 18.7 Å². The molecule has 2 saturated heterocycles. The first kappa shape index (κ1) is 20.4. The fourth-order valence-electron chi connectivity index (χ4n) is 2.70. The molecule has 146 valence electrons. The predicted octanol–water partition coefficient (Wildman–Crippen LogP) is -5.25. The van der Waals surface area contributed by atoms with E-state index in [4.69, 9.17) is 25.1 Å². The summed E-state index contributed by atoms with van der Waals surface area (Å²) in [7, 11) is 1.03. The SMILES string of the molecule is COC(=O)[C@H]1O[C@@H](O[C@@H]2[C@@H](N)[C@H](O)O[C@H](CO)[C@H]2O)[C@H](O)[C@@H](O)[C@@H]1O. The fourth-order valence-corrected chi connectivity index (χ4v) is 2.70. The van der Waals surface area contributed by atoms with E-state index in [2.05, 4.69) is 4.74 Å². The van der Waals surface area contributed by atoms with E-state index in [-0.39, 0.29) is 0 Å². The van der Waals surface area contributed by atoms with Gasteiger partial charge in [-0.05, 0) is 0 Å². The predicted molar refractivity (Wildman–Crippen MR) is 75.5 cm³/mol. The molecule has 2 aliphatic heterocycles. The maximum atomic E-state index is 11.6. The molecule has 2 rings (SSSR count). The summed E-state index contributed by atoms with van der Waals surface area (Å²) in [4.78, 5) is 11.6. The summed E-state index contributed by atoms with van der Waals surface area (Å²) < 4.78 is 19.8. The summed E-state index contributed by atoms with van der Waals surface area (Å²) in [5.74, 6) is -1.02. The van der Waals surface area contributed by atoms with Crippen molar-refractivity contribution in [2.24, 2.45) is 5.73 Å². The van der Waals surface area contributed by atoms with Crippen LogP contribution in [0, 0.1) is 0 Å². The first-order valence-electron chi connectivity index (χ1n) is 7.53. The van der Waals surface area contributed by atoms with Crippen molar-refractivity contribution in [3.05, 3.63) is 0 Å². The number of rotatable bonds is 4. The third-order valence-corrected chi connectivity index (χ3v) is 4.21. The number of ether oxygens (including phenoxy) is 4. The maximum Gasteiger partial charge on any atom is 0.337 e. The van der Waals surface area contributed by atoms with Crippen LogP contribution in [0.5, 0.6) is 0 Å². The van der Waals surface area contributed by atoms with Gasteiger partial charge in [0, 0.05) is 0 Å². The third-order valence-electron chi connectivity index (χ3n) is 4.21. The largest absolute Gasteiger partial charge is 0.467 e. The molecule has 0 bridgehead atoms. The summed E-state index contributed by atoms with van der Waals surface area (Å²) in [5, 5.41) is 58.7. The Balaban J connectivity index is 2.17. The standard InChI is InChI=1S/C13H23NO11/c1-22-12(21)10-7(18)6(17)8(19)13(25-10)24-9-4(14)11(20)23-3(2-15)5(9)16/h3-11,13,15-20H,2,14H2,1H3/t3-,4-,5-,6+,7+,8-,9-,10+,11-,13-/m1/s1. The molecule has 0 aromatic heterocycles. The molecule has 8 N–H and O–H groups in total. The van der Waals surface area contributed by atoms with Gasteiger partial charge in [-0.25, -0.2) is 4.79 Å². The van der Waals surface area contributed by atoms with Gasteiger partial charge in [-0.1, -0.05) is 0 Å². The minimum absolute atomic E-state index is 0.648. The Kier molecular flexibility index (Phi) is 6.67. The molecule has 0 spiro atoms. The molecule has 12 nitrogen and oxygen atoms in total. The molecule has 0 radical (unpaired) electrons. The average molecular weight is 369 g/mol. The second kappa shape index (κ2) is 8.18. The number of hydrogen-bond donors (Lipinski definition) is 7. The highest BCUT2D eigenvalue weighted by Gasteiger charge is 2.51. The van der Waals surface area contributed by atoms with Gasteiger partial charge in [-0.2, -0.15) is 0 Å². The zero-order chi connectivity index (χ0) is 18.9. The van der Waals surface area contributed by atoms with E-state index in [1.54, 1.807) is 0 Å². The third kappa shape index (κ3) is 3.93.